The molecule has 2 aliphatic rings. The number of ether oxygens (including phenoxy) is 2. The quantitative estimate of drug-likeness (QED) is 0.478. The molecule has 7 heteroatoms. The van der Waals surface area contributed by atoms with Crippen LogP contribution in [0.2, 0.25) is 0 Å². The monoisotopic (exact) mass is 474 g/mol. The van der Waals surface area contributed by atoms with Crippen molar-refractivity contribution in [2.45, 2.75) is 42.2 Å². The fourth-order valence-electron chi connectivity index (χ4n) is 3.80. The molecule has 0 unspecified atom stereocenters. The van der Waals surface area contributed by atoms with Crippen molar-refractivity contribution >= 4 is 23.8 Å². The van der Waals surface area contributed by atoms with Gasteiger partial charge in [0, 0.05) is 23.2 Å². The zero-order valence-electron chi connectivity index (χ0n) is 19.1. The highest BCUT2D eigenvalue weighted by Crippen LogP contribution is 2.43. The minimum atomic E-state index is -1.17. The Balaban J connectivity index is 1.59. The van der Waals surface area contributed by atoms with Gasteiger partial charge in [-0.25, -0.2) is 9.59 Å². The summed E-state index contributed by atoms with van der Waals surface area (Å²) in [7, 11) is 0. The van der Waals surface area contributed by atoms with E-state index < -0.39 is 17.8 Å². The van der Waals surface area contributed by atoms with Crippen molar-refractivity contribution in [2.75, 3.05) is 6.61 Å². The first-order valence-electron chi connectivity index (χ1n) is 10.9. The van der Waals surface area contributed by atoms with Crippen LogP contribution >= 0.6 is 11.8 Å². The van der Waals surface area contributed by atoms with Crippen LogP contribution in [0.4, 0.5) is 4.79 Å². The molecule has 0 spiro atoms. The molecule has 1 N–H and O–H groups in total. The van der Waals surface area contributed by atoms with Crippen LogP contribution in [-0.2, 0) is 9.47 Å². The number of esters is 1. The normalized spacial score (nSPS) is 24.3. The smallest absolute Gasteiger partial charge is 0.338 e. The fourth-order valence-corrected chi connectivity index (χ4v) is 5.10. The number of carbonyl (C=O) groups is 2. The number of aryl methyl sites for hydroxylation is 1. The summed E-state index contributed by atoms with van der Waals surface area (Å²) < 4.78 is 11.9. The van der Waals surface area contributed by atoms with Gasteiger partial charge in [-0.2, -0.15) is 0 Å². The Hall–Kier alpha value is -3.47. The number of nitrogens with one attached hydrogen (secondary N) is 1. The van der Waals surface area contributed by atoms with Crippen LogP contribution in [-0.4, -0.2) is 40.6 Å². The lowest BCUT2D eigenvalue weighted by molar-refractivity contribution is -0.0767. The highest BCUT2D eigenvalue weighted by Gasteiger charge is 2.50. The van der Waals surface area contributed by atoms with Crippen LogP contribution in [0.25, 0.3) is 0 Å². The third-order valence-electron chi connectivity index (χ3n) is 5.79. The summed E-state index contributed by atoms with van der Waals surface area (Å²) in [5.74, 6) is 2.22. The minimum Gasteiger partial charge on any atom is -0.458 e. The molecule has 34 heavy (non-hydrogen) atoms. The van der Waals surface area contributed by atoms with E-state index in [1.54, 1.807) is 42.2 Å². The lowest BCUT2D eigenvalue weighted by Gasteiger charge is -2.33. The van der Waals surface area contributed by atoms with Crippen molar-refractivity contribution in [2.24, 2.45) is 0 Å². The van der Waals surface area contributed by atoms with E-state index in [0.29, 0.717) is 17.7 Å². The van der Waals surface area contributed by atoms with Crippen LogP contribution in [0, 0.1) is 19.3 Å². The van der Waals surface area contributed by atoms with Crippen molar-refractivity contribution < 1.29 is 19.1 Å². The second-order valence-corrected chi connectivity index (χ2v) is 9.70. The van der Waals surface area contributed by atoms with Gasteiger partial charge in [0.1, 0.15) is 6.61 Å². The van der Waals surface area contributed by atoms with Crippen molar-refractivity contribution in [3.05, 3.63) is 89.8 Å². The van der Waals surface area contributed by atoms with Gasteiger partial charge in [0.25, 0.3) is 0 Å². The maximum atomic E-state index is 12.8. The molecule has 2 heterocycles. The summed E-state index contributed by atoms with van der Waals surface area (Å²) in [4.78, 5) is 27.9. The number of thioether (sulfide) groups is 1. The van der Waals surface area contributed by atoms with Gasteiger partial charge in [-0.1, -0.05) is 48.4 Å². The maximum Gasteiger partial charge on any atom is 0.338 e. The van der Waals surface area contributed by atoms with E-state index in [9.17, 15) is 9.59 Å². The first kappa shape index (κ1) is 23.7. The number of urea groups is 1. The molecule has 4 rings (SSSR count). The topological polar surface area (TPSA) is 67.9 Å². The molecule has 1 saturated heterocycles. The molecule has 0 radical (unpaired) electrons. The molecule has 1 fully saturated rings. The first-order valence-corrected chi connectivity index (χ1v) is 11.8. The fraction of sp³-hybridized carbons (Fsp3) is 0.259. The minimum absolute atomic E-state index is 0.121. The third-order valence-corrected chi connectivity index (χ3v) is 7.03. The standard InChI is InChI=1S/C27H26N2O4S/c1-5-27(17-32-25(30)21-9-7-6-8-10-21)15-23(34-22-13-11-18(2)12-14-22)24(33-27)29-16-19(3)20(4)28-26(29)31/h1,6-14,16,23-24H,4,15,17H2,2-3H3,(H,28,31)/t23-,24-,27+/m1/s1. The highest BCUT2D eigenvalue weighted by molar-refractivity contribution is 8.00. The second kappa shape index (κ2) is 9.80. The van der Waals surface area contributed by atoms with E-state index in [2.05, 4.69) is 17.8 Å². The molecule has 174 valence electrons. The largest absolute Gasteiger partial charge is 0.458 e. The molecule has 0 aliphatic carbocycles. The Kier molecular flexibility index (Phi) is 6.82. The predicted octanol–water partition coefficient (Wildman–Crippen LogP) is 4.87. The summed E-state index contributed by atoms with van der Waals surface area (Å²) in [6.07, 6.45) is 7.37. The predicted molar refractivity (Wildman–Crippen MR) is 132 cm³/mol. The summed E-state index contributed by atoms with van der Waals surface area (Å²) in [6, 6.07) is 16.5. The maximum absolute atomic E-state index is 12.8. The Labute approximate surface area is 204 Å². The number of rotatable bonds is 6. The van der Waals surface area contributed by atoms with E-state index in [4.69, 9.17) is 15.9 Å². The van der Waals surface area contributed by atoms with Gasteiger partial charge < -0.3 is 14.8 Å². The Morgan fingerprint density at radius 1 is 1.26 bits per heavy atom. The first-order chi connectivity index (χ1) is 16.3. The van der Waals surface area contributed by atoms with E-state index in [1.165, 1.54) is 4.90 Å². The third kappa shape index (κ3) is 5.04. The number of allylic oxidation sites excluding steroid dienone is 1. The SMILES string of the molecule is C#C[C@@]1(COC(=O)c2ccccc2)C[C@@H](Sc2ccc(C)cc2)[C@H](N2C=C(C)C(=C)NC2=O)O1. The molecule has 0 bridgehead atoms. The Morgan fingerprint density at radius 2 is 1.97 bits per heavy atom. The average molecular weight is 475 g/mol. The zero-order valence-corrected chi connectivity index (χ0v) is 19.9. The Bertz CT molecular complexity index is 1170. The van der Waals surface area contributed by atoms with E-state index in [-0.39, 0.29) is 17.9 Å². The number of amides is 2. The molecule has 0 saturated carbocycles. The molecular formula is C27H26N2O4S. The lowest BCUT2D eigenvalue weighted by atomic mass is 10.0. The number of hydrogen-bond donors (Lipinski definition) is 1. The van der Waals surface area contributed by atoms with Crippen LogP contribution in [0.5, 0.6) is 0 Å². The van der Waals surface area contributed by atoms with Crippen molar-refractivity contribution in [1.82, 2.24) is 10.2 Å². The van der Waals surface area contributed by atoms with E-state index >= 15 is 0 Å². The number of terminal acetylenes is 1. The van der Waals surface area contributed by atoms with Crippen LogP contribution in [0.3, 0.4) is 0 Å². The molecule has 2 amide bonds. The van der Waals surface area contributed by atoms with Crippen LogP contribution in [0.15, 0.2) is 83.5 Å². The Morgan fingerprint density at radius 3 is 2.65 bits per heavy atom. The number of hydrogen-bond acceptors (Lipinski definition) is 5. The molecular weight excluding hydrogens is 448 g/mol. The highest BCUT2D eigenvalue weighted by atomic mass is 32.2. The van der Waals surface area contributed by atoms with Crippen molar-refractivity contribution in [3.63, 3.8) is 0 Å². The molecule has 0 aromatic heterocycles. The number of carbonyl (C=O) groups excluding carboxylic acids is 2. The van der Waals surface area contributed by atoms with E-state index in [1.807, 2.05) is 44.2 Å². The van der Waals surface area contributed by atoms with Gasteiger partial charge in [0.05, 0.1) is 10.8 Å². The van der Waals surface area contributed by atoms with Crippen molar-refractivity contribution in [3.8, 4) is 12.3 Å². The number of nitrogens with zero attached hydrogens (tertiary/aromatic N) is 1. The molecule has 2 aromatic rings. The second-order valence-electron chi connectivity index (χ2n) is 8.39. The van der Waals surface area contributed by atoms with Crippen LogP contribution in [0.1, 0.15) is 29.3 Å². The van der Waals surface area contributed by atoms with Gasteiger partial charge in [0.2, 0.25) is 0 Å². The van der Waals surface area contributed by atoms with E-state index in [0.717, 1.165) is 16.0 Å². The van der Waals surface area contributed by atoms with Crippen molar-refractivity contribution in [1.29, 1.82) is 0 Å². The summed E-state index contributed by atoms with van der Waals surface area (Å²) in [6.45, 7) is 7.63. The molecule has 6 nitrogen and oxygen atoms in total. The lowest BCUT2D eigenvalue weighted by Crippen LogP contribution is -2.49. The van der Waals surface area contributed by atoms with Gasteiger partial charge in [0.15, 0.2) is 11.8 Å². The van der Waals surface area contributed by atoms with Gasteiger partial charge in [-0.05, 0) is 43.7 Å². The average Bonchev–Trinajstić information content (AvgIpc) is 3.20. The zero-order chi connectivity index (χ0) is 24.3. The summed E-state index contributed by atoms with van der Waals surface area (Å²) >= 11 is 1.58. The summed E-state index contributed by atoms with van der Waals surface area (Å²) in [5.41, 5.74) is 1.77. The molecule has 3 atom stereocenters. The number of benzene rings is 2. The molecule has 2 aliphatic heterocycles. The van der Waals surface area contributed by atoms with Crippen LogP contribution < -0.4 is 5.32 Å². The van der Waals surface area contributed by atoms with Gasteiger partial charge in [-0.15, -0.1) is 18.2 Å². The summed E-state index contributed by atoms with van der Waals surface area (Å²) in [5, 5.41) is 2.56. The van der Waals surface area contributed by atoms with Gasteiger partial charge >= 0.3 is 12.0 Å². The molecule has 2 aromatic carbocycles. The van der Waals surface area contributed by atoms with Gasteiger partial charge in [-0.3, -0.25) is 4.90 Å².